The van der Waals surface area contributed by atoms with Gasteiger partial charge in [0.1, 0.15) is 16.8 Å². The third kappa shape index (κ3) is 3.65. The lowest BCUT2D eigenvalue weighted by Gasteiger charge is -2.15. The van der Waals surface area contributed by atoms with Crippen molar-refractivity contribution in [3.05, 3.63) is 52.3 Å². The maximum atomic E-state index is 9.29. The molecule has 0 aliphatic heterocycles. The molecular formula is C17H20ClN3. The highest BCUT2D eigenvalue weighted by Crippen LogP contribution is 2.29. The smallest absolute Gasteiger partial charge is 0.145 e. The Bertz CT molecular complexity index is 645. The quantitative estimate of drug-likeness (QED) is 0.843. The van der Waals surface area contributed by atoms with E-state index in [0.29, 0.717) is 10.7 Å². The fraction of sp³-hybridized carbons (Fsp3) is 0.412. The van der Waals surface area contributed by atoms with Crippen LogP contribution in [0.2, 0.25) is 5.15 Å². The Morgan fingerprint density at radius 1 is 1.24 bits per heavy atom. The van der Waals surface area contributed by atoms with Gasteiger partial charge in [-0.05, 0) is 18.4 Å². The molecule has 1 aromatic carbocycles. The summed E-state index contributed by atoms with van der Waals surface area (Å²) in [7, 11) is 0. The minimum absolute atomic E-state index is 0.181. The SMILES string of the molecule is CC(C)(C)c1nn(CCCc2ccccc2)c(Cl)c1C#N. The first-order chi connectivity index (χ1) is 9.93. The van der Waals surface area contributed by atoms with Crippen LogP contribution in [-0.4, -0.2) is 9.78 Å². The summed E-state index contributed by atoms with van der Waals surface area (Å²) in [5, 5.41) is 14.3. The maximum absolute atomic E-state index is 9.29. The van der Waals surface area contributed by atoms with Crippen molar-refractivity contribution in [1.82, 2.24) is 9.78 Å². The van der Waals surface area contributed by atoms with Crippen LogP contribution in [0.4, 0.5) is 0 Å². The Hall–Kier alpha value is -1.79. The van der Waals surface area contributed by atoms with Gasteiger partial charge >= 0.3 is 0 Å². The molecule has 0 spiro atoms. The van der Waals surface area contributed by atoms with Gasteiger partial charge in [-0.15, -0.1) is 0 Å². The van der Waals surface area contributed by atoms with E-state index < -0.39 is 0 Å². The molecule has 0 fully saturated rings. The van der Waals surface area contributed by atoms with Gasteiger partial charge in [-0.2, -0.15) is 10.4 Å². The summed E-state index contributed by atoms with van der Waals surface area (Å²) in [6.07, 6.45) is 1.92. The van der Waals surface area contributed by atoms with Crippen molar-refractivity contribution >= 4 is 11.6 Å². The van der Waals surface area contributed by atoms with E-state index in [1.807, 2.05) is 39.0 Å². The zero-order chi connectivity index (χ0) is 15.5. The zero-order valence-electron chi connectivity index (χ0n) is 12.7. The average molecular weight is 302 g/mol. The molecule has 0 aliphatic carbocycles. The monoisotopic (exact) mass is 301 g/mol. The van der Waals surface area contributed by atoms with Crippen molar-refractivity contribution < 1.29 is 0 Å². The van der Waals surface area contributed by atoms with Crippen LogP contribution < -0.4 is 0 Å². The van der Waals surface area contributed by atoms with Crippen molar-refractivity contribution in [2.75, 3.05) is 0 Å². The number of hydrogen-bond donors (Lipinski definition) is 0. The number of rotatable bonds is 4. The molecule has 0 radical (unpaired) electrons. The molecule has 0 aliphatic rings. The number of aromatic nitrogens is 2. The molecule has 3 nitrogen and oxygen atoms in total. The Morgan fingerprint density at radius 2 is 1.90 bits per heavy atom. The van der Waals surface area contributed by atoms with E-state index in [9.17, 15) is 5.26 Å². The first kappa shape index (κ1) is 15.6. The minimum Gasteiger partial charge on any atom is -0.252 e. The second kappa shape index (κ2) is 6.32. The minimum atomic E-state index is -0.181. The highest BCUT2D eigenvalue weighted by Gasteiger charge is 2.25. The second-order valence-corrected chi connectivity index (χ2v) is 6.55. The van der Waals surface area contributed by atoms with E-state index in [4.69, 9.17) is 11.6 Å². The Morgan fingerprint density at radius 3 is 2.43 bits per heavy atom. The Labute approximate surface area is 131 Å². The topological polar surface area (TPSA) is 41.6 Å². The van der Waals surface area contributed by atoms with Gasteiger partial charge in [0.15, 0.2) is 0 Å². The van der Waals surface area contributed by atoms with Gasteiger partial charge < -0.3 is 0 Å². The van der Waals surface area contributed by atoms with Gasteiger partial charge in [-0.3, -0.25) is 4.68 Å². The van der Waals surface area contributed by atoms with E-state index in [-0.39, 0.29) is 5.41 Å². The third-order valence-electron chi connectivity index (χ3n) is 3.39. The number of nitrogens with zero attached hydrogens (tertiary/aromatic N) is 3. The van der Waals surface area contributed by atoms with Crippen LogP contribution in [0.25, 0.3) is 0 Å². The van der Waals surface area contributed by atoms with E-state index in [2.05, 4.69) is 23.3 Å². The predicted molar refractivity (Wildman–Crippen MR) is 85.4 cm³/mol. The predicted octanol–water partition coefficient (Wildman–Crippen LogP) is 4.34. The number of halogens is 1. The highest BCUT2D eigenvalue weighted by molar-refractivity contribution is 6.30. The number of hydrogen-bond acceptors (Lipinski definition) is 2. The summed E-state index contributed by atoms with van der Waals surface area (Å²) >= 11 is 6.30. The lowest BCUT2D eigenvalue weighted by atomic mass is 9.90. The van der Waals surface area contributed by atoms with Crippen LogP contribution in [0.1, 0.15) is 44.0 Å². The van der Waals surface area contributed by atoms with Crippen molar-refractivity contribution in [2.24, 2.45) is 0 Å². The summed E-state index contributed by atoms with van der Waals surface area (Å²) < 4.78 is 1.75. The molecule has 0 bridgehead atoms. The second-order valence-electron chi connectivity index (χ2n) is 6.19. The number of benzene rings is 1. The first-order valence-electron chi connectivity index (χ1n) is 7.14. The summed E-state index contributed by atoms with van der Waals surface area (Å²) in [6.45, 7) is 6.85. The van der Waals surface area contributed by atoms with Gasteiger partial charge in [-0.25, -0.2) is 0 Å². The van der Waals surface area contributed by atoms with Gasteiger partial charge in [0.25, 0.3) is 0 Å². The molecule has 0 saturated carbocycles. The molecule has 0 saturated heterocycles. The van der Waals surface area contributed by atoms with Gasteiger partial charge in [0.2, 0.25) is 0 Å². The molecule has 4 heteroatoms. The molecule has 0 amide bonds. The van der Waals surface area contributed by atoms with Crippen molar-refractivity contribution in [3.8, 4) is 6.07 Å². The Kier molecular flexibility index (Phi) is 4.69. The standard InChI is InChI=1S/C17H20ClN3/c1-17(2,3)15-14(12-19)16(18)21(20-15)11-7-10-13-8-5-4-6-9-13/h4-6,8-9H,7,10-11H2,1-3H3. The number of aryl methyl sites for hydroxylation is 2. The van der Waals surface area contributed by atoms with E-state index in [1.165, 1.54) is 5.56 Å². The van der Waals surface area contributed by atoms with E-state index in [0.717, 1.165) is 25.1 Å². The highest BCUT2D eigenvalue weighted by atomic mass is 35.5. The van der Waals surface area contributed by atoms with E-state index >= 15 is 0 Å². The van der Waals surface area contributed by atoms with Crippen molar-refractivity contribution in [3.63, 3.8) is 0 Å². The molecule has 2 rings (SSSR count). The van der Waals surface area contributed by atoms with Crippen LogP contribution in [-0.2, 0) is 18.4 Å². The molecule has 0 unspecified atom stereocenters. The average Bonchev–Trinajstić information content (AvgIpc) is 2.77. The maximum Gasteiger partial charge on any atom is 0.145 e. The third-order valence-corrected chi connectivity index (χ3v) is 3.77. The molecule has 1 heterocycles. The summed E-state index contributed by atoms with van der Waals surface area (Å²) in [5.41, 5.74) is 2.40. The van der Waals surface area contributed by atoms with E-state index in [1.54, 1.807) is 4.68 Å². The first-order valence-corrected chi connectivity index (χ1v) is 7.52. The van der Waals surface area contributed by atoms with Crippen LogP contribution in [0.15, 0.2) is 30.3 Å². The molecular weight excluding hydrogens is 282 g/mol. The van der Waals surface area contributed by atoms with Crippen LogP contribution >= 0.6 is 11.6 Å². The largest absolute Gasteiger partial charge is 0.252 e. The molecule has 0 N–H and O–H groups in total. The summed E-state index contributed by atoms with van der Waals surface area (Å²) in [5.74, 6) is 0. The van der Waals surface area contributed by atoms with Crippen molar-refractivity contribution in [2.45, 2.75) is 45.6 Å². The summed E-state index contributed by atoms with van der Waals surface area (Å²) in [6, 6.07) is 12.5. The molecule has 0 atom stereocenters. The van der Waals surface area contributed by atoms with Crippen LogP contribution in [0, 0.1) is 11.3 Å². The van der Waals surface area contributed by atoms with Crippen LogP contribution in [0.5, 0.6) is 0 Å². The number of nitriles is 1. The Balaban J connectivity index is 2.11. The lowest BCUT2D eigenvalue weighted by Crippen LogP contribution is -2.14. The summed E-state index contributed by atoms with van der Waals surface area (Å²) in [4.78, 5) is 0. The lowest BCUT2D eigenvalue weighted by molar-refractivity contribution is 0.521. The fourth-order valence-electron chi connectivity index (χ4n) is 2.29. The molecule has 110 valence electrons. The van der Waals surface area contributed by atoms with Crippen LogP contribution in [0.3, 0.4) is 0 Å². The normalized spacial score (nSPS) is 11.4. The molecule has 21 heavy (non-hydrogen) atoms. The van der Waals surface area contributed by atoms with Gasteiger partial charge in [0.05, 0.1) is 5.69 Å². The van der Waals surface area contributed by atoms with Gasteiger partial charge in [0, 0.05) is 12.0 Å². The fourth-order valence-corrected chi connectivity index (χ4v) is 2.55. The van der Waals surface area contributed by atoms with Gasteiger partial charge in [-0.1, -0.05) is 62.7 Å². The zero-order valence-corrected chi connectivity index (χ0v) is 13.5. The molecule has 2 aromatic rings. The molecule has 1 aromatic heterocycles. The van der Waals surface area contributed by atoms with Crippen molar-refractivity contribution in [1.29, 1.82) is 5.26 Å².